The van der Waals surface area contributed by atoms with Gasteiger partial charge in [0.15, 0.2) is 0 Å². The van der Waals surface area contributed by atoms with E-state index in [0.29, 0.717) is 24.7 Å². The topological polar surface area (TPSA) is 109 Å². The number of nitrogens with zero attached hydrogens (tertiary/aromatic N) is 4. The van der Waals surface area contributed by atoms with Gasteiger partial charge in [-0.15, -0.1) is 0 Å². The van der Waals surface area contributed by atoms with Crippen molar-refractivity contribution >= 4 is 23.8 Å². The lowest BCUT2D eigenvalue weighted by atomic mass is 9.73. The van der Waals surface area contributed by atoms with Gasteiger partial charge in [-0.3, -0.25) is 19.8 Å². The van der Waals surface area contributed by atoms with E-state index in [0.717, 1.165) is 24.2 Å². The molecule has 2 fully saturated rings. The van der Waals surface area contributed by atoms with Crippen LogP contribution in [0.2, 0.25) is 0 Å². The van der Waals surface area contributed by atoms with E-state index in [4.69, 9.17) is 0 Å². The van der Waals surface area contributed by atoms with Crippen LogP contribution in [0.3, 0.4) is 0 Å². The number of hydrogen-bond donors (Lipinski definition) is 2. The molecule has 2 N–H and O–H groups in total. The summed E-state index contributed by atoms with van der Waals surface area (Å²) in [7, 11) is 0. The van der Waals surface area contributed by atoms with Crippen LogP contribution in [0.1, 0.15) is 45.4 Å². The number of nitrogens with one attached hydrogen (secondary N) is 2. The third-order valence-electron chi connectivity index (χ3n) is 5.13. The Bertz CT molecular complexity index is 715. The number of amides is 4. The molecule has 1 saturated heterocycles. The van der Waals surface area contributed by atoms with E-state index in [1.807, 2.05) is 13.8 Å². The third kappa shape index (κ3) is 2.98. The van der Waals surface area contributed by atoms with E-state index in [-0.39, 0.29) is 18.4 Å². The quantitative estimate of drug-likeness (QED) is 0.790. The van der Waals surface area contributed by atoms with Crippen LogP contribution < -0.4 is 10.6 Å². The zero-order chi connectivity index (χ0) is 18.2. The molecule has 1 saturated carbocycles. The number of anilines is 1. The molecule has 2 aliphatic rings. The maximum absolute atomic E-state index is 12.8. The van der Waals surface area contributed by atoms with Crippen molar-refractivity contribution in [2.75, 3.05) is 11.9 Å². The lowest BCUT2D eigenvalue weighted by Crippen LogP contribution is -2.54. The van der Waals surface area contributed by atoms with E-state index >= 15 is 0 Å². The zero-order valence-corrected chi connectivity index (χ0v) is 14.8. The minimum atomic E-state index is -0.852. The predicted molar refractivity (Wildman–Crippen MR) is 89.7 cm³/mol. The maximum atomic E-state index is 12.8. The van der Waals surface area contributed by atoms with Crippen molar-refractivity contribution < 1.29 is 14.4 Å². The molecule has 1 spiro atoms. The van der Waals surface area contributed by atoms with Gasteiger partial charge in [0.05, 0.1) is 0 Å². The van der Waals surface area contributed by atoms with Gasteiger partial charge in [0.1, 0.15) is 17.9 Å². The first kappa shape index (κ1) is 17.4. The molecule has 1 aromatic rings. The average molecular weight is 348 g/mol. The molecule has 4 amide bonds. The minimum Gasteiger partial charge on any atom is -0.323 e. The summed E-state index contributed by atoms with van der Waals surface area (Å²) in [6.07, 6.45) is 3.47. The molecule has 0 radical (unpaired) electrons. The van der Waals surface area contributed by atoms with Gasteiger partial charge in [-0.05, 0) is 32.6 Å². The molecule has 9 nitrogen and oxygen atoms in total. The second kappa shape index (κ2) is 6.45. The van der Waals surface area contributed by atoms with Gasteiger partial charge in [0.2, 0.25) is 11.9 Å². The van der Waals surface area contributed by atoms with E-state index < -0.39 is 17.5 Å². The third-order valence-corrected chi connectivity index (χ3v) is 5.13. The number of rotatable bonds is 4. The van der Waals surface area contributed by atoms with E-state index in [2.05, 4.69) is 20.7 Å². The first-order chi connectivity index (χ1) is 11.9. The first-order valence-corrected chi connectivity index (χ1v) is 8.72. The van der Waals surface area contributed by atoms with Crippen LogP contribution in [-0.2, 0) is 16.1 Å². The Labute approximate surface area is 146 Å². The lowest BCUT2D eigenvalue weighted by Gasteiger charge is -2.36. The summed E-state index contributed by atoms with van der Waals surface area (Å²) in [5, 5.41) is 9.62. The van der Waals surface area contributed by atoms with Crippen LogP contribution in [0, 0.1) is 12.8 Å². The van der Waals surface area contributed by atoms with Crippen molar-refractivity contribution in [1.29, 1.82) is 0 Å². The van der Waals surface area contributed by atoms with Gasteiger partial charge in [-0.1, -0.05) is 19.8 Å². The maximum Gasteiger partial charge on any atom is 0.325 e. The molecular formula is C16H24N6O3. The fraction of sp³-hybridized carbons (Fsp3) is 0.688. The van der Waals surface area contributed by atoms with Crippen molar-refractivity contribution in [2.24, 2.45) is 5.92 Å². The second-order valence-corrected chi connectivity index (χ2v) is 6.79. The highest BCUT2D eigenvalue weighted by Crippen LogP contribution is 2.38. The summed E-state index contributed by atoms with van der Waals surface area (Å²) in [5.74, 6) is 0.163. The van der Waals surface area contributed by atoms with Crippen molar-refractivity contribution in [3.63, 3.8) is 0 Å². The number of aromatic nitrogens is 3. The molecule has 2 heterocycles. The summed E-state index contributed by atoms with van der Waals surface area (Å²) in [5.41, 5.74) is -0.852. The summed E-state index contributed by atoms with van der Waals surface area (Å²) in [6, 6.07) is -0.498. The highest BCUT2D eigenvalue weighted by molar-refractivity contribution is 6.10. The molecule has 25 heavy (non-hydrogen) atoms. The van der Waals surface area contributed by atoms with Gasteiger partial charge in [-0.25, -0.2) is 9.48 Å². The smallest absolute Gasteiger partial charge is 0.323 e. The molecule has 1 aliphatic heterocycles. The molecule has 136 valence electrons. The molecular weight excluding hydrogens is 324 g/mol. The first-order valence-electron chi connectivity index (χ1n) is 8.72. The standard InChI is InChI=1S/C16H24N6O3/c1-4-22-14(17-11(3)20-22)18-12(23)9-21-13(24)16(19-15(21)25)8-6-5-7-10(16)2/h10H,4-9H2,1-3H3,(H,19,25)(H,17,18,20,23). The number of carbonyl (C=O) groups excluding carboxylic acids is 3. The Morgan fingerprint density at radius 1 is 1.40 bits per heavy atom. The Morgan fingerprint density at radius 3 is 2.84 bits per heavy atom. The summed E-state index contributed by atoms with van der Waals surface area (Å²) in [4.78, 5) is 42.6. The fourth-order valence-corrected chi connectivity index (χ4v) is 3.72. The highest BCUT2D eigenvalue weighted by Gasteiger charge is 2.55. The Morgan fingerprint density at radius 2 is 2.16 bits per heavy atom. The Hall–Kier alpha value is -2.45. The van der Waals surface area contributed by atoms with Crippen LogP contribution in [-0.4, -0.2) is 49.6 Å². The van der Waals surface area contributed by atoms with Gasteiger partial charge >= 0.3 is 6.03 Å². The Balaban J connectivity index is 1.71. The molecule has 2 unspecified atom stereocenters. The number of aryl methyl sites for hydroxylation is 2. The molecule has 2 atom stereocenters. The van der Waals surface area contributed by atoms with E-state index in [1.165, 1.54) is 0 Å². The fourth-order valence-electron chi connectivity index (χ4n) is 3.72. The SMILES string of the molecule is CCn1nc(C)nc1NC(=O)CN1C(=O)NC2(CCCCC2C)C1=O. The van der Waals surface area contributed by atoms with Crippen LogP contribution in [0.5, 0.6) is 0 Å². The molecule has 0 aromatic carbocycles. The minimum absolute atomic E-state index is 0.0663. The van der Waals surface area contributed by atoms with Crippen molar-refractivity contribution in [1.82, 2.24) is 25.0 Å². The van der Waals surface area contributed by atoms with Gasteiger partial charge in [0.25, 0.3) is 5.91 Å². The molecule has 1 aliphatic carbocycles. The van der Waals surface area contributed by atoms with Gasteiger partial charge in [-0.2, -0.15) is 10.1 Å². The van der Waals surface area contributed by atoms with Crippen molar-refractivity contribution in [3.05, 3.63) is 5.82 Å². The molecule has 0 bridgehead atoms. The summed E-state index contributed by atoms with van der Waals surface area (Å²) in [6.45, 7) is 5.82. The Kier molecular flexibility index (Phi) is 4.49. The lowest BCUT2D eigenvalue weighted by molar-refractivity contribution is -0.136. The number of urea groups is 1. The average Bonchev–Trinajstić information content (AvgIpc) is 3.03. The number of imide groups is 1. The van der Waals surface area contributed by atoms with E-state index in [1.54, 1.807) is 11.6 Å². The molecule has 1 aromatic heterocycles. The van der Waals surface area contributed by atoms with Crippen molar-refractivity contribution in [2.45, 2.75) is 58.5 Å². The summed E-state index contributed by atoms with van der Waals surface area (Å²) >= 11 is 0. The van der Waals surface area contributed by atoms with E-state index in [9.17, 15) is 14.4 Å². The normalized spacial score (nSPS) is 26.2. The van der Waals surface area contributed by atoms with Crippen LogP contribution in [0.4, 0.5) is 10.7 Å². The number of hydrogen-bond acceptors (Lipinski definition) is 5. The highest BCUT2D eigenvalue weighted by atomic mass is 16.2. The molecule has 3 rings (SSSR count). The van der Waals surface area contributed by atoms with Crippen LogP contribution >= 0.6 is 0 Å². The monoisotopic (exact) mass is 348 g/mol. The predicted octanol–water partition coefficient (Wildman–Crippen LogP) is 1.05. The zero-order valence-electron chi connectivity index (χ0n) is 14.8. The number of carbonyl (C=O) groups is 3. The van der Waals surface area contributed by atoms with Gasteiger partial charge in [0, 0.05) is 6.54 Å². The largest absolute Gasteiger partial charge is 0.325 e. The van der Waals surface area contributed by atoms with Crippen molar-refractivity contribution in [3.8, 4) is 0 Å². The molecule has 9 heteroatoms. The van der Waals surface area contributed by atoms with Crippen LogP contribution in [0.15, 0.2) is 0 Å². The second-order valence-electron chi connectivity index (χ2n) is 6.79. The summed E-state index contributed by atoms with van der Waals surface area (Å²) < 4.78 is 1.56. The van der Waals surface area contributed by atoms with Crippen LogP contribution in [0.25, 0.3) is 0 Å². The van der Waals surface area contributed by atoms with Gasteiger partial charge < -0.3 is 5.32 Å².